The molecule has 5 nitrogen and oxygen atoms in total. The van der Waals surface area contributed by atoms with Crippen LogP contribution in [0.5, 0.6) is 5.88 Å². The molecule has 0 atom stereocenters. The molecule has 0 unspecified atom stereocenters. The Morgan fingerprint density at radius 3 is 2.69 bits per heavy atom. The first-order valence-electron chi connectivity index (χ1n) is 5.39. The van der Waals surface area contributed by atoms with Gasteiger partial charge in [0.1, 0.15) is 18.2 Å². The molecule has 0 aliphatic carbocycles. The maximum atomic E-state index is 5.57. The van der Waals surface area contributed by atoms with E-state index in [1.54, 1.807) is 13.0 Å². The topological polar surface area (TPSA) is 70.3 Å². The predicted molar refractivity (Wildman–Crippen MR) is 62.3 cm³/mol. The van der Waals surface area contributed by atoms with Crippen LogP contribution in [0.4, 0.5) is 5.82 Å². The summed E-state index contributed by atoms with van der Waals surface area (Å²) < 4.78 is 10.8. The molecule has 2 N–H and O–H groups in total. The molecule has 0 aliphatic rings. The van der Waals surface area contributed by atoms with Gasteiger partial charge in [-0.05, 0) is 12.8 Å². The van der Waals surface area contributed by atoms with E-state index in [9.17, 15) is 0 Å². The average molecular weight is 225 g/mol. The summed E-state index contributed by atoms with van der Waals surface area (Å²) in [7, 11) is 0. The highest BCUT2D eigenvalue weighted by Gasteiger charge is 2.00. The van der Waals surface area contributed by atoms with Gasteiger partial charge in [0.05, 0.1) is 6.61 Å². The smallest absolute Gasteiger partial charge is 0.218 e. The van der Waals surface area contributed by atoms with Crippen LogP contribution in [-0.2, 0) is 4.74 Å². The first-order valence-corrected chi connectivity index (χ1v) is 5.39. The predicted octanol–water partition coefficient (Wildman–Crippen LogP) is 1.42. The molecule has 0 aromatic carbocycles. The van der Waals surface area contributed by atoms with Crippen LogP contribution in [0, 0.1) is 12.8 Å². The average Bonchev–Trinajstić information content (AvgIpc) is 2.15. The summed E-state index contributed by atoms with van der Waals surface area (Å²) in [4.78, 5) is 8.06. The molecular weight excluding hydrogens is 206 g/mol. The van der Waals surface area contributed by atoms with Crippen molar-refractivity contribution in [1.29, 1.82) is 0 Å². The number of ether oxygens (including phenoxy) is 2. The van der Waals surface area contributed by atoms with Crippen LogP contribution in [0.3, 0.4) is 0 Å². The van der Waals surface area contributed by atoms with Gasteiger partial charge in [-0.3, -0.25) is 0 Å². The molecule has 0 fully saturated rings. The number of aromatic nitrogens is 2. The van der Waals surface area contributed by atoms with Crippen molar-refractivity contribution in [3.8, 4) is 5.88 Å². The Morgan fingerprint density at radius 1 is 1.31 bits per heavy atom. The second-order valence-corrected chi connectivity index (χ2v) is 4.00. The van der Waals surface area contributed by atoms with Crippen molar-refractivity contribution < 1.29 is 9.47 Å². The summed E-state index contributed by atoms with van der Waals surface area (Å²) in [5.74, 6) is 2.07. The number of nitrogens with two attached hydrogens (primary N) is 1. The van der Waals surface area contributed by atoms with E-state index in [4.69, 9.17) is 15.2 Å². The van der Waals surface area contributed by atoms with E-state index < -0.39 is 0 Å². The van der Waals surface area contributed by atoms with Crippen LogP contribution in [-0.4, -0.2) is 29.8 Å². The number of anilines is 1. The Bertz CT molecular complexity index is 309. The third-order valence-corrected chi connectivity index (χ3v) is 1.76. The Kier molecular flexibility index (Phi) is 4.98. The molecule has 0 aliphatic heterocycles. The zero-order valence-electron chi connectivity index (χ0n) is 10.1. The number of hydrogen-bond acceptors (Lipinski definition) is 5. The minimum absolute atomic E-state index is 0.422. The normalized spacial score (nSPS) is 10.8. The molecule has 5 heteroatoms. The van der Waals surface area contributed by atoms with Crippen LogP contribution >= 0.6 is 0 Å². The lowest BCUT2D eigenvalue weighted by atomic mass is 10.2. The summed E-state index contributed by atoms with van der Waals surface area (Å²) in [6, 6.07) is 1.61. The highest BCUT2D eigenvalue weighted by molar-refractivity contribution is 5.32. The van der Waals surface area contributed by atoms with Crippen molar-refractivity contribution in [2.75, 3.05) is 25.6 Å². The van der Waals surface area contributed by atoms with Crippen LogP contribution in [0.25, 0.3) is 0 Å². The Morgan fingerprint density at radius 2 is 2.06 bits per heavy atom. The molecule has 0 spiro atoms. The maximum absolute atomic E-state index is 5.57. The Hall–Kier alpha value is -1.36. The van der Waals surface area contributed by atoms with Gasteiger partial charge < -0.3 is 15.2 Å². The van der Waals surface area contributed by atoms with Gasteiger partial charge in [-0.1, -0.05) is 13.8 Å². The van der Waals surface area contributed by atoms with Gasteiger partial charge in [-0.2, -0.15) is 4.98 Å². The van der Waals surface area contributed by atoms with Crippen LogP contribution in [0.15, 0.2) is 6.07 Å². The third-order valence-electron chi connectivity index (χ3n) is 1.76. The molecule has 0 radical (unpaired) electrons. The number of nitrogen functional groups attached to an aromatic ring is 1. The van der Waals surface area contributed by atoms with E-state index in [-0.39, 0.29) is 0 Å². The minimum Gasteiger partial charge on any atom is -0.475 e. The highest BCUT2D eigenvalue weighted by atomic mass is 16.5. The summed E-state index contributed by atoms with van der Waals surface area (Å²) in [5, 5.41) is 0. The molecule has 0 amide bonds. The molecule has 0 saturated carbocycles. The molecule has 1 aromatic rings. The number of hydrogen-bond donors (Lipinski definition) is 1. The fraction of sp³-hybridized carbons (Fsp3) is 0.636. The van der Waals surface area contributed by atoms with Gasteiger partial charge in [0.2, 0.25) is 5.88 Å². The van der Waals surface area contributed by atoms with Gasteiger partial charge in [-0.15, -0.1) is 0 Å². The monoisotopic (exact) mass is 225 g/mol. The third kappa shape index (κ3) is 4.93. The van der Waals surface area contributed by atoms with Crippen LogP contribution < -0.4 is 10.5 Å². The molecule has 1 heterocycles. The Labute approximate surface area is 96.0 Å². The summed E-state index contributed by atoms with van der Waals surface area (Å²) in [5.41, 5.74) is 5.57. The fourth-order valence-electron chi connectivity index (χ4n) is 1.16. The van der Waals surface area contributed by atoms with Crippen molar-refractivity contribution in [2.24, 2.45) is 5.92 Å². The molecule has 0 saturated heterocycles. The highest BCUT2D eigenvalue weighted by Crippen LogP contribution is 2.09. The standard InChI is InChI=1S/C11H19N3O2/c1-8(2)7-15-4-5-16-11-6-10(12)13-9(3)14-11/h6,8H,4-5,7H2,1-3H3,(H2,12,13,14). The lowest BCUT2D eigenvalue weighted by Crippen LogP contribution is -2.11. The summed E-state index contributed by atoms with van der Waals surface area (Å²) >= 11 is 0. The molecule has 16 heavy (non-hydrogen) atoms. The van der Waals surface area contributed by atoms with Gasteiger partial charge in [0.15, 0.2) is 0 Å². The minimum atomic E-state index is 0.422. The van der Waals surface area contributed by atoms with Gasteiger partial charge >= 0.3 is 0 Å². The molecule has 1 rings (SSSR count). The van der Waals surface area contributed by atoms with Gasteiger partial charge in [0.25, 0.3) is 0 Å². The second kappa shape index (κ2) is 6.27. The SMILES string of the molecule is Cc1nc(N)cc(OCCOCC(C)C)n1. The lowest BCUT2D eigenvalue weighted by molar-refractivity contribution is 0.0805. The first-order chi connectivity index (χ1) is 7.58. The quantitative estimate of drug-likeness (QED) is 0.741. The molecule has 0 bridgehead atoms. The van der Waals surface area contributed by atoms with Crippen molar-refractivity contribution >= 4 is 5.82 Å². The molecular formula is C11H19N3O2. The Balaban J connectivity index is 2.26. The van der Waals surface area contributed by atoms with E-state index in [1.165, 1.54) is 0 Å². The zero-order valence-corrected chi connectivity index (χ0v) is 10.1. The zero-order chi connectivity index (χ0) is 12.0. The largest absolute Gasteiger partial charge is 0.475 e. The van der Waals surface area contributed by atoms with Crippen LogP contribution in [0.2, 0.25) is 0 Å². The molecule has 90 valence electrons. The van der Waals surface area contributed by atoms with E-state index in [2.05, 4.69) is 23.8 Å². The number of rotatable bonds is 6. The van der Waals surface area contributed by atoms with Crippen molar-refractivity contribution in [3.05, 3.63) is 11.9 Å². The summed E-state index contributed by atoms with van der Waals surface area (Å²) in [6.45, 7) is 7.77. The van der Waals surface area contributed by atoms with Crippen molar-refractivity contribution in [2.45, 2.75) is 20.8 Å². The van der Waals surface area contributed by atoms with E-state index in [0.717, 1.165) is 6.61 Å². The second-order valence-electron chi connectivity index (χ2n) is 4.00. The maximum Gasteiger partial charge on any atom is 0.218 e. The van der Waals surface area contributed by atoms with E-state index in [1.807, 2.05) is 0 Å². The molecule has 1 aromatic heterocycles. The fourth-order valence-corrected chi connectivity index (χ4v) is 1.16. The number of nitrogens with zero attached hydrogens (tertiary/aromatic N) is 2. The van der Waals surface area contributed by atoms with E-state index >= 15 is 0 Å². The lowest BCUT2D eigenvalue weighted by Gasteiger charge is -2.08. The van der Waals surface area contributed by atoms with Crippen molar-refractivity contribution in [1.82, 2.24) is 9.97 Å². The van der Waals surface area contributed by atoms with E-state index in [0.29, 0.717) is 36.7 Å². The van der Waals surface area contributed by atoms with Gasteiger partial charge in [0, 0.05) is 12.7 Å². The van der Waals surface area contributed by atoms with Crippen molar-refractivity contribution in [3.63, 3.8) is 0 Å². The summed E-state index contributed by atoms with van der Waals surface area (Å²) in [6.07, 6.45) is 0. The first kappa shape index (κ1) is 12.7. The van der Waals surface area contributed by atoms with Gasteiger partial charge in [-0.25, -0.2) is 4.98 Å². The van der Waals surface area contributed by atoms with Crippen LogP contribution in [0.1, 0.15) is 19.7 Å². The number of aryl methyl sites for hydroxylation is 1.